The molecule has 0 aliphatic carbocycles. The molecule has 1 aromatic carbocycles. The maximum absolute atomic E-state index is 14.0. The first-order valence-electron chi connectivity index (χ1n) is 7.41. The summed E-state index contributed by atoms with van der Waals surface area (Å²) in [5.74, 6) is -8.67. The van der Waals surface area contributed by atoms with Crippen molar-refractivity contribution in [1.82, 2.24) is 0 Å². The lowest BCUT2D eigenvalue weighted by Crippen LogP contribution is -2.58. The summed E-state index contributed by atoms with van der Waals surface area (Å²) in [6.07, 6.45) is -4.78. The minimum Gasteiger partial charge on any atom is -0.493 e. The van der Waals surface area contributed by atoms with Crippen molar-refractivity contribution in [3.8, 4) is 5.75 Å². The second-order valence-electron chi connectivity index (χ2n) is 6.16. The minimum absolute atomic E-state index is 0.139. The number of methoxy groups -OCH3 is 1. The van der Waals surface area contributed by atoms with Crippen LogP contribution in [0.15, 0.2) is 12.1 Å². The fourth-order valence-electron chi connectivity index (χ4n) is 3.26. The number of carboxylic acid groups (broad SMARTS) is 1. The summed E-state index contributed by atoms with van der Waals surface area (Å²) in [5.41, 5.74) is -2.78. The number of alkyl halides is 3. The van der Waals surface area contributed by atoms with Crippen molar-refractivity contribution in [2.75, 3.05) is 13.7 Å². The molecule has 2 rings (SSSR count). The summed E-state index contributed by atoms with van der Waals surface area (Å²) in [5, 5.41) is 9.38. The van der Waals surface area contributed by atoms with Gasteiger partial charge in [0.15, 0.2) is 17.2 Å². The predicted octanol–water partition coefficient (Wildman–Crippen LogP) is 3.75. The topological polar surface area (TPSA) is 55.8 Å². The molecule has 0 amide bonds. The number of hydrogen-bond donors (Lipinski definition) is 1. The molecule has 1 aliphatic heterocycles. The lowest BCUT2D eigenvalue weighted by atomic mass is 9.68. The second-order valence-corrected chi connectivity index (χ2v) is 6.16. The zero-order valence-corrected chi connectivity index (χ0v) is 13.7. The third-order valence-electron chi connectivity index (χ3n) is 4.93. The van der Waals surface area contributed by atoms with E-state index in [9.17, 15) is 31.9 Å². The molecular weight excluding hydrogens is 351 g/mol. The maximum Gasteiger partial charge on any atom is 0.417 e. The van der Waals surface area contributed by atoms with E-state index in [1.165, 1.54) is 6.92 Å². The first kappa shape index (κ1) is 19.4. The monoisotopic (exact) mass is 368 g/mol. The minimum atomic E-state index is -4.78. The summed E-state index contributed by atoms with van der Waals surface area (Å²) in [6.45, 7) is 1.27. The van der Waals surface area contributed by atoms with Gasteiger partial charge in [0.2, 0.25) is 5.82 Å². The molecule has 0 aromatic heterocycles. The molecule has 140 valence electrons. The van der Waals surface area contributed by atoms with Gasteiger partial charge in [-0.3, -0.25) is 4.79 Å². The van der Waals surface area contributed by atoms with Crippen LogP contribution in [0, 0.1) is 23.5 Å². The van der Waals surface area contributed by atoms with Crippen molar-refractivity contribution < 1.29 is 41.3 Å². The van der Waals surface area contributed by atoms with Crippen LogP contribution < -0.4 is 4.74 Å². The van der Waals surface area contributed by atoms with Crippen LogP contribution in [0.5, 0.6) is 5.75 Å². The quantitative estimate of drug-likeness (QED) is 0.826. The van der Waals surface area contributed by atoms with Gasteiger partial charge in [-0.2, -0.15) is 17.6 Å². The van der Waals surface area contributed by atoms with Gasteiger partial charge in [-0.05, 0) is 13.0 Å². The summed E-state index contributed by atoms with van der Waals surface area (Å²) in [6, 6.07) is 1.79. The summed E-state index contributed by atoms with van der Waals surface area (Å²) < 4.78 is 77.6. The van der Waals surface area contributed by atoms with E-state index < -0.39 is 59.5 Å². The summed E-state index contributed by atoms with van der Waals surface area (Å²) in [4.78, 5) is 11.5. The van der Waals surface area contributed by atoms with E-state index in [2.05, 4.69) is 0 Å². The lowest BCUT2D eigenvalue weighted by Gasteiger charge is -2.47. The number of ether oxygens (including phenoxy) is 2. The number of benzene rings is 1. The van der Waals surface area contributed by atoms with Crippen LogP contribution in [0.2, 0.25) is 0 Å². The summed E-state index contributed by atoms with van der Waals surface area (Å²) >= 11 is 0. The number of carboxylic acids is 1. The largest absolute Gasteiger partial charge is 0.493 e. The molecule has 0 spiro atoms. The maximum atomic E-state index is 14.0. The van der Waals surface area contributed by atoms with Gasteiger partial charge in [0, 0.05) is 17.4 Å². The molecule has 0 radical (unpaired) electrons. The third kappa shape index (κ3) is 3.05. The number of hydrogen-bond acceptors (Lipinski definition) is 3. The Morgan fingerprint density at radius 2 is 1.96 bits per heavy atom. The molecule has 1 saturated heterocycles. The van der Waals surface area contributed by atoms with Gasteiger partial charge in [0.05, 0.1) is 19.6 Å². The highest BCUT2D eigenvalue weighted by Gasteiger charge is 2.62. The SMILES string of the molecule is COc1c(C2C(C(=O)O)COC(C)(C(F)(F)F)C2C)ccc(F)c1F. The molecule has 0 saturated carbocycles. The number of carbonyl (C=O) groups is 1. The average molecular weight is 368 g/mol. The number of aliphatic carboxylic acids is 1. The predicted molar refractivity (Wildman–Crippen MR) is 76.4 cm³/mol. The molecular formula is C16H17F5O4. The summed E-state index contributed by atoms with van der Waals surface area (Å²) in [7, 11) is 1.03. The van der Waals surface area contributed by atoms with Crippen molar-refractivity contribution in [1.29, 1.82) is 0 Å². The Labute approximate surface area is 140 Å². The van der Waals surface area contributed by atoms with Gasteiger partial charge in [0.1, 0.15) is 0 Å². The number of rotatable bonds is 3. The van der Waals surface area contributed by atoms with E-state index in [0.29, 0.717) is 0 Å². The molecule has 0 bridgehead atoms. The molecule has 4 atom stereocenters. The van der Waals surface area contributed by atoms with Crippen LogP contribution in [-0.4, -0.2) is 36.6 Å². The van der Waals surface area contributed by atoms with Gasteiger partial charge >= 0.3 is 12.1 Å². The van der Waals surface area contributed by atoms with E-state index in [4.69, 9.17) is 9.47 Å². The van der Waals surface area contributed by atoms with Crippen molar-refractivity contribution in [2.45, 2.75) is 31.5 Å². The molecule has 4 unspecified atom stereocenters. The molecule has 1 N–H and O–H groups in total. The van der Waals surface area contributed by atoms with Crippen LogP contribution in [0.3, 0.4) is 0 Å². The van der Waals surface area contributed by atoms with Gasteiger partial charge < -0.3 is 14.6 Å². The molecule has 1 aromatic rings. The zero-order chi connectivity index (χ0) is 19.2. The van der Waals surface area contributed by atoms with Crippen LogP contribution in [0.4, 0.5) is 22.0 Å². The second kappa shape index (κ2) is 6.44. The Morgan fingerprint density at radius 1 is 1.36 bits per heavy atom. The Kier molecular flexibility index (Phi) is 5.00. The van der Waals surface area contributed by atoms with Crippen LogP contribution in [-0.2, 0) is 9.53 Å². The van der Waals surface area contributed by atoms with Crippen LogP contribution >= 0.6 is 0 Å². The Balaban J connectivity index is 2.65. The molecule has 25 heavy (non-hydrogen) atoms. The molecule has 1 heterocycles. The highest BCUT2D eigenvalue weighted by atomic mass is 19.4. The Morgan fingerprint density at radius 3 is 2.44 bits per heavy atom. The van der Waals surface area contributed by atoms with E-state index in [1.807, 2.05) is 0 Å². The zero-order valence-electron chi connectivity index (χ0n) is 13.7. The van der Waals surface area contributed by atoms with E-state index in [-0.39, 0.29) is 5.56 Å². The molecule has 9 heteroatoms. The fraction of sp³-hybridized carbons (Fsp3) is 0.562. The van der Waals surface area contributed by atoms with E-state index in [0.717, 1.165) is 26.2 Å². The van der Waals surface area contributed by atoms with Crippen molar-refractivity contribution in [2.24, 2.45) is 11.8 Å². The first-order valence-corrected chi connectivity index (χ1v) is 7.41. The third-order valence-corrected chi connectivity index (χ3v) is 4.93. The highest BCUT2D eigenvalue weighted by Crippen LogP contribution is 2.52. The van der Waals surface area contributed by atoms with Crippen LogP contribution in [0.1, 0.15) is 25.3 Å². The normalized spacial score (nSPS) is 30.2. The molecule has 4 nitrogen and oxygen atoms in total. The highest BCUT2D eigenvalue weighted by molar-refractivity contribution is 5.72. The van der Waals surface area contributed by atoms with Gasteiger partial charge in [0.25, 0.3) is 0 Å². The first-order chi connectivity index (χ1) is 11.5. The fourth-order valence-corrected chi connectivity index (χ4v) is 3.26. The molecule has 1 aliphatic rings. The smallest absolute Gasteiger partial charge is 0.417 e. The van der Waals surface area contributed by atoms with E-state index >= 15 is 0 Å². The van der Waals surface area contributed by atoms with Crippen molar-refractivity contribution in [3.05, 3.63) is 29.3 Å². The van der Waals surface area contributed by atoms with Crippen LogP contribution in [0.25, 0.3) is 0 Å². The average Bonchev–Trinajstić information content (AvgIpc) is 2.51. The standard InChI is InChI=1S/C16H17F5O4/c1-7-11(8-4-5-10(17)12(18)13(8)24-3)9(14(22)23)6-25-15(7,2)16(19,20)21/h4-5,7,9,11H,6H2,1-3H3,(H,22,23). The van der Waals surface area contributed by atoms with E-state index in [1.54, 1.807) is 0 Å². The Hall–Kier alpha value is -1.90. The van der Waals surface area contributed by atoms with Crippen molar-refractivity contribution >= 4 is 5.97 Å². The number of halogens is 5. The lowest BCUT2D eigenvalue weighted by molar-refractivity contribution is -0.308. The van der Waals surface area contributed by atoms with Gasteiger partial charge in [-0.1, -0.05) is 13.0 Å². The van der Waals surface area contributed by atoms with Gasteiger partial charge in [-0.15, -0.1) is 0 Å². The van der Waals surface area contributed by atoms with Gasteiger partial charge in [-0.25, -0.2) is 4.39 Å². The van der Waals surface area contributed by atoms with Crippen molar-refractivity contribution in [3.63, 3.8) is 0 Å². The molecule has 1 fully saturated rings. The Bertz CT molecular complexity index is 675.